The van der Waals surface area contributed by atoms with Gasteiger partial charge in [0.05, 0.1) is 12.3 Å². The maximum atomic E-state index is 11.8. The fraction of sp³-hybridized carbons (Fsp3) is 0.417. The van der Waals surface area contributed by atoms with Crippen LogP contribution in [0.2, 0.25) is 0 Å². The van der Waals surface area contributed by atoms with Gasteiger partial charge in [-0.05, 0) is 12.1 Å². The zero-order valence-electron chi connectivity index (χ0n) is 11.2. The van der Waals surface area contributed by atoms with Gasteiger partial charge in [-0.3, -0.25) is 0 Å². The molecule has 4 atom stereocenters. The molecule has 0 bridgehead atoms. The average molecular weight is 310 g/mol. The molecule has 3 heterocycles. The van der Waals surface area contributed by atoms with E-state index in [-0.39, 0.29) is 11.5 Å². The number of nitrogen functional groups attached to an aromatic ring is 1. The molecule has 0 radical (unpaired) electrons. The number of anilines is 1. The average Bonchev–Trinajstić information content (AvgIpc) is 3.02. The van der Waals surface area contributed by atoms with Gasteiger partial charge in [-0.2, -0.15) is 5.10 Å². The Hall–Kier alpha value is -2.27. The van der Waals surface area contributed by atoms with Crippen molar-refractivity contribution in [2.45, 2.75) is 23.9 Å². The summed E-state index contributed by atoms with van der Waals surface area (Å²) in [6.45, 7) is -0.645. The molecule has 118 valence electrons. The first kappa shape index (κ1) is 14.7. The number of hydrogen-bond acceptors (Lipinski definition) is 8. The van der Waals surface area contributed by atoms with Crippen LogP contribution < -0.4 is 5.73 Å². The molecular weight excluding hydrogens is 296 g/mol. The summed E-state index contributed by atoms with van der Waals surface area (Å²) in [4.78, 5) is 15.6. The van der Waals surface area contributed by atoms with Gasteiger partial charge in [0.1, 0.15) is 30.2 Å². The Kier molecular flexibility index (Phi) is 3.25. The van der Waals surface area contributed by atoms with Crippen LogP contribution in [0.1, 0.15) is 5.69 Å². The molecule has 10 nitrogen and oxygen atoms in total. The largest absolute Gasteiger partial charge is 0.479 e. The second kappa shape index (κ2) is 4.88. The third-order valence-electron chi connectivity index (χ3n) is 3.82. The van der Waals surface area contributed by atoms with E-state index in [0.29, 0.717) is 5.52 Å². The van der Waals surface area contributed by atoms with E-state index in [1.807, 2.05) is 0 Å². The van der Waals surface area contributed by atoms with Gasteiger partial charge in [0.25, 0.3) is 0 Å². The Morgan fingerprint density at radius 3 is 2.77 bits per heavy atom. The van der Waals surface area contributed by atoms with Crippen LogP contribution in [0.3, 0.4) is 0 Å². The molecule has 1 aliphatic heterocycles. The fourth-order valence-corrected chi connectivity index (χ4v) is 2.70. The summed E-state index contributed by atoms with van der Waals surface area (Å²) < 4.78 is 6.48. The van der Waals surface area contributed by atoms with Crippen LogP contribution in [0.4, 0.5) is 5.82 Å². The zero-order valence-corrected chi connectivity index (χ0v) is 11.2. The number of carboxylic acids is 1. The predicted molar refractivity (Wildman–Crippen MR) is 70.7 cm³/mol. The molecule has 0 aromatic carbocycles. The van der Waals surface area contributed by atoms with Gasteiger partial charge < -0.3 is 30.9 Å². The Labute approximate surface area is 123 Å². The van der Waals surface area contributed by atoms with Crippen molar-refractivity contribution in [3.8, 4) is 0 Å². The molecule has 0 amide bonds. The van der Waals surface area contributed by atoms with Crippen molar-refractivity contribution in [3.05, 3.63) is 24.2 Å². The molecule has 10 heteroatoms. The summed E-state index contributed by atoms with van der Waals surface area (Å²) in [5.74, 6) is -1.40. The standard InChI is InChI=1S/C12H14N4O6/c13-10-5-1-2-7(16(5)15-4-14-10)12(11(20)21)9(19)8(18)6(3-17)22-12/h1-2,4,6,8-9,17-19H,3H2,(H,20,21)(H2,13,14,15)/t6-,8?,9+,12+/m1/s1. The van der Waals surface area contributed by atoms with E-state index in [0.717, 1.165) is 6.33 Å². The number of rotatable bonds is 3. The predicted octanol–water partition coefficient (Wildman–Crippen LogP) is -2.30. The summed E-state index contributed by atoms with van der Waals surface area (Å²) in [6.07, 6.45) is -3.47. The van der Waals surface area contributed by atoms with Crippen LogP contribution in [-0.2, 0) is 15.1 Å². The molecule has 1 unspecified atom stereocenters. The van der Waals surface area contributed by atoms with Gasteiger partial charge in [-0.15, -0.1) is 0 Å². The number of fused-ring (bicyclic) bond motifs is 1. The number of hydrogen-bond donors (Lipinski definition) is 5. The van der Waals surface area contributed by atoms with Crippen molar-refractivity contribution in [2.24, 2.45) is 0 Å². The van der Waals surface area contributed by atoms with Gasteiger partial charge in [0, 0.05) is 0 Å². The number of aromatic nitrogens is 3. The van der Waals surface area contributed by atoms with Crippen LogP contribution in [0.25, 0.3) is 5.52 Å². The Morgan fingerprint density at radius 1 is 1.45 bits per heavy atom. The minimum atomic E-state index is -2.28. The smallest absolute Gasteiger partial charge is 0.345 e. The summed E-state index contributed by atoms with van der Waals surface area (Å²) in [6, 6.07) is 2.84. The Balaban J connectivity index is 2.24. The van der Waals surface area contributed by atoms with Crippen molar-refractivity contribution >= 4 is 17.3 Å². The normalized spacial score (nSPS) is 31.7. The van der Waals surface area contributed by atoms with Gasteiger partial charge in [-0.25, -0.2) is 14.3 Å². The number of aliphatic hydroxyl groups is 3. The quantitative estimate of drug-likeness (QED) is 0.419. The number of aliphatic carboxylic acids is 1. The minimum absolute atomic E-state index is 0.0356. The Morgan fingerprint density at radius 2 is 2.18 bits per heavy atom. The lowest BCUT2D eigenvalue weighted by Crippen LogP contribution is -2.48. The highest BCUT2D eigenvalue weighted by Crippen LogP contribution is 2.40. The van der Waals surface area contributed by atoms with Crippen LogP contribution in [0.5, 0.6) is 0 Å². The molecule has 2 aromatic heterocycles. The molecule has 3 rings (SSSR count). The van der Waals surface area contributed by atoms with Crippen LogP contribution in [0.15, 0.2) is 18.5 Å². The monoisotopic (exact) mass is 310 g/mol. The molecule has 1 aliphatic rings. The number of ether oxygens (including phenoxy) is 1. The maximum absolute atomic E-state index is 11.8. The summed E-state index contributed by atoms with van der Waals surface area (Å²) in [7, 11) is 0. The van der Waals surface area contributed by atoms with Crippen molar-refractivity contribution in [1.82, 2.24) is 14.6 Å². The third-order valence-corrected chi connectivity index (χ3v) is 3.82. The summed E-state index contributed by atoms with van der Waals surface area (Å²) >= 11 is 0. The first-order valence-electron chi connectivity index (χ1n) is 6.40. The van der Waals surface area contributed by atoms with Gasteiger partial charge in [0.15, 0.2) is 5.82 Å². The highest BCUT2D eigenvalue weighted by atomic mass is 16.6. The molecule has 1 fully saturated rings. The lowest BCUT2D eigenvalue weighted by atomic mass is 9.91. The molecule has 22 heavy (non-hydrogen) atoms. The number of carboxylic acid groups (broad SMARTS) is 1. The van der Waals surface area contributed by atoms with Crippen LogP contribution in [-0.4, -0.2) is 65.9 Å². The van der Waals surface area contributed by atoms with E-state index >= 15 is 0 Å². The number of carbonyl (C=O) groups is 1. The third kappa shape index (κ3) is 1.72. The molecule has 0 spiro atoms. The molecule has 2 aromatic rings. The number of aliphatic hydroxyl groups excluding tert-OH is 3. The van der Waals surface area contributed by atoms with E-state index in [1.54, 1.807) is 0 Å². The van der Waals surface area contributed by atoms with E-state index < -0.39 is 36.5 Å². The Bertz CT molecular complexity index is 733. The van der Waals surface area contributed by atoms with Gasteiger partial charge in [0.2, 0.25) is 5.60 Å². The number of nitrogens with zero attached hydrogens (tertiary/aromatic N) is 3. The topological polar surface area (TPSA) is 163 Å². The summed E-state index contributed by atoms with van der Waals surface area (Å²) in [5, 5.41) is 42.8. The second-order valence-corrected chi connectivity index (χ2v) is 4.98. The lowest BCUT2D eigenvalue weighted by molar-refractivity contribution is -0.177. The molecule has 6 N–H and O–H groups in total. The van der Waals surface area contributed by atoms with Crippen molar-refractivity contribution in [3.63, 3.8) is 0 Å². The maximum Gasteiger partial charge on any atom is 0.345 e. The van der Waals surface area contributed by atoms with Crippen molar-refractivity contribution in [1.29, 1.82) is 0 Å². The van der Waals surface area contributed by atoms with Crippen LogP contribution in [0, 0.1) is 0 Å². The highest BCUT2D eigenvalue weighted by Gasteiger charge is 2.61. The van der Waals surface area contributed by atoms with Gasteiger partial charge in [-0.1, -0.05) is 0 Å². The highest BCUT2D eigenvalue weighted by molar-refractivity contribution is 5.82. The fourth-order valence-electron chi connectivity index (χ4n) is 2.70. The number of nitrogens with two attached hydrogens (primary N) is 1. The summed E-state index contributed by atoms with van der Waals surface area (Å²) in [5.41, 5.74) is 3.71. The van der Waals surface area contributed by atoms with E-state index in [4.69, 9.17) is 10.5 Å². The minimum Gasteiger partial charge on any atom is -0.479 e. The first-order valence-corrected chi connectivity index (χ1v) is 6.40. The van der Waals surface area contributed by atoms with E-state index in [9.17, 15) is 25.2 Å². The second-order valence-electron chi connectivity index (χ2n) is 4.98. The van der Waals surface area contributed by atoms with Gasteiger partial charge >= 0.3 is 5.97 Å². The SMILES string of the molecule is Nc1ncnn2c([C@]3(C(=O)O)O[C@H](CO)C(O)[C@@H]3O)ccc12. The van der Waals surface area contributed by atoms with Crippen molar-refractivity contribution in [2.75, 3.05) is 12.3 Å². The lowest BCUT2D eigenvalue weighted by Gasteiger charge is -2.27. The molecule has 0 aliphatic carbocycles. The van der Waals surface area contributed by atoms with Crippen LogP contribution >= 0.6 is 0 Å². The van der Waals surface area contributed by atoms with Crippen molar-refractivity contribution < 1.29 is 30.0 Å². The molecule has 0 saturated carbocycles. The molecule has 1 saturated heterocycles. The first-order chi connectivity index (χ1) is 10.4. The zero-order chi connectivity index (χ0) is 16.1. The molecular formula is C12H14N4O6. The van der Waals surface area contributed by atoms with E-state index in [1.165, 1.54) is 16.6 Å². The van der Waals surface area contributed by atoms with E-state index in [2.05, 4.69) is 10.1 Å².